The lowest BCUT2D eigenvalue weighted by atomic mass is 9.97. The van der Waals surface area contributed by atoms with E-state index in [0.717, 1.165) is 24.8 Å². The fourth-order valence-corrected chi connectivity index (χ4v) is 4.29. The standard InChI is InChI=1S/C20H25N3O3/c1-20(2,3)26-19(25)21-11-17(24)23-12-8-9-16(23)18-13-6-4-5-7-14(13)22-15(18)10-12/h4-7,12,16,22H,8-11H2,1-3H3,(H,21,25)/t12-,16+/m1/s1. The summed E-state index contributed by atoms with van der Waals surface area (Å²) in [6.07, 6.45) is 2.26. The van der Waals surface area contributed by atoms with Gasteiger partial charge in [0.1, 0.15) is 12.1 Å². The molecule has 2 aliphatic heterocycles. The molecule has 1 saturated heterocycles. The second-order valence-corrected chi connectivity index (χ2v) is 8.17. The summed E-state index contributed by atoms with van der Waals surface area (Å²) in [4.78, 5) is 30.2. The minimum Gasteiger partial charge on any atom is -0.444 e. The molecule has 0 saturated carbocycles. The van der Waals surface area contributed by atoms with Crippen LogP contribution in [0.25, 0.3) is 10.9 Å². The number of ether oxygens (including phenoxy) is 1. The van der Waals surface area contributed by atoms with Crippen molar-refractivity contribution in [3.63, 3.8) is 0 Å². The highest BCUT2D eigenvalue weighted by atomic mass is 16.6. The lowest BCUT2D eigenvalue weighted by Crippen LogP contribution is -2.47. The Bertz CT molecular complexity index is 865. The number of rotatable bonds is 2. The number of carbonyl (C=O) groups excluding carboxylic acids is 2. The maximum atomic E-state index is 12.8. The van der Waals surface area contributed by atoms with Crippen LogP contribution in [-0.4, -0.2) is 40.1 Å². The highest BCUT2D eigenvalue weighted by Gasteiger charge is 2.44. The van der Waals surface area contributed by atoms with Crippen molar-refractivity contribution in [2.24, 2.45) is 0 Å². The molecule has 1 aromatic heterocycles. The fraction of sp³-hybridized carbons (Fsp3) is 0.500. The zero-order valence-electron chi connectivity index (χ0n) is 15.5. The summed E-state index contributed by atoms with van der Waals surface area (Å²) in [5.41, 5.74) is 3.06. The van der Waals surface area contributed by atoms with E-state index in [1.165, 1.54) is 16.6 Å². The van der Waals surface area contributed by atoms with Crippen molar-refractivity contribution in [2.45, 2.75) is 57.7 Å². The minimum atomic E-state index is -0.573. The van der Waals surface area contributed by atoms with Gasteiger partial charge in [-0.3, -0.25) is 4.79 Å². The molecule has 0 spiro atoms. The summed E-state index contributed by atoms with van der Waals surface area (Å²) in [5, 5.41) is 3.80. The van der Waals surface area contributed by atoms with E-state index >= 15 is 0 Å². The second-order valence-electron chi connectivity index (χ2n) is 8.17. The minimum absolute atomic E-state index is 0.0282. The number of aromatic amines is 1. The predicted octanol–water partition coefficient (Wildman–Crippen LogP) is 3.28. The Hall–Kier alpha value is -2.50. The molecule has 2 aromatic rings. The van der Waals surface area contributed by atoms with Crippen LogP contribution in [0.4, 0.5) is 4.79 Å². The van der Waals surface area contributed by atoms with E-state index in [4.69, 9.17) is 4.74 Å². The van der Waals surface area contributed by atoms with E-state index in [2.05, 4.69) is 22.4 Å². The molecular weight excluding hydrogens is 330 g/mol. The molecule has 2 atom stereocenters. The highest BCUT2D eigenvalue weighted by Crippen LogP contribution is 2.46. The molecular formula is C20H25N3O3. The molecule has 1 aromatic carbocycles. The average molecular weight is 355 g/mol. The molecule has 3 heterocycles. The first-order valence-corrected chi connectivity index (χ1v) is 9.21. The number of fused-ring (bicyclic) bond motifs is 6. The molecule has 6 nitrogen and oxygen atoms in total. The smallest absolute Gasteiger partial charge is 0.408 e. The third-order valence-corrected chi connectivity index (χ3v) is 5.17. The summed E-state index contributed by atoms with van der Waals surface area (Å²) in [6.45, 7) is 5.38. The largest absolute Gasteiger partial charge is 0.444 e. The summed E-state index contributed by atoms with van der Waals surface area (Å²) < 4.78 is 5.22. The van der Waals surface area contributed by atoms with E-state index in [9.17, 15) is 9.59 Å². The van der Waals surface area contributed by atoms with Gasteiger partial charge < -0.3 is 19.9 Å². The Labute approximate surface area is 152 Å². The zero-order chi connectivity index (χ0) is 18.5. The van der Waals surface area contributed by atoms with Crippen LogP contribution in [0.1, 0.15) is 50.9 Å². The van der Waals surface area contributed by atoms with Crippen molar-refractivity contribution in [3.8, 4) is 0 Å². The number of alkyl carbamates (subject to hydrolysis) is 1. The quantitative estimate of drug-likeness (QED) is 0.868. The predicted molar refractivity (Wildman–Crippen MR) is 98.8 cm³/mol. The number of H-pyrrole nitrogens is 1. The summed E-state index contributed by atoms with van der Waals surface area (Å²) >= 11 is 0. The van der Waals surface area contributed by atoms with Crippen molar-refractivity contribution in [3.05, 3.63) is 35.5 Å². The first-order chi connectivity index (χ1) is 12.3. The van der Waals surface area contributed by atoms with Gasteiger partial charge in [0.05, 0.1) is 6.04 Å². The third kappa shape index (κ3) is 2.93. The van der Waals surface area contributed by atoms with Crippen molar-refractivity contribution in [2.75, 3.05) is 6.54 Å². The van der Waals surface area contributed by atoms with E-state index in [0.29, 0.717) is 0 Å². The SMILES string of the molecule is CC(C)(C)OC(=O)NCC(=O)N1[C@@H]2CC[C@H]1c1c([nH]c3ccccc13)C2. The van der Waals surface area contributed by atoms with Crippen molar-refractivity contribution in [1.82, 2.24) is 15.2 Å². The number of nitrogens with zero attached hydrogens (tertiary/aromatic N) is 1. The normalized spacial score (nSPS) is 21.6. The molecule has 0 radical (unpaired) electrons. The van der Waals surface area contributed by atoms with E-state index in [1.807, 2.05) is 17.0 Å². The van der Waals surface area contributed by atoms with Crippen molar-refractivity contribution in [1.29, 1.82) is 0 Å². The zero-order valence-corrected chi connectivity index (χ0v) is 15.5. The summed E-state index contributed by atoms with van der Waals surface area (Å²) in [5.74, 6) is -0.0423. The molecule has 0 aliphatic carbocycles. The second kappa shape index (κ2) is 6.04. The Morgan fingerprint density at radius 1 is 1.27 bits per heavy atom. The van der Waals surface area contributed by atoms with Crippen LogP contribution < -0.4 is 5.32 Å². The van der Waals surface area contributed by atoms with Crippen molar-refractivity contribution >= 4 is 22.9 Å². The Morgan fingerprint density at radius 3 is 2.81 bits per heavy atom. The lowest BCUT2D eigenvalue weighted by molar-refractivity contribution is -0.133. The number of aromatic nitrogens is 1. The van der Waals surface area contributed by atoms with Gasteiger partial charge >= 0.3 is 6.09 Å². The van der Waals surface area contributed by atoms with Gasteiger partial charge in [-0.05, 0) is 39.7 Å². The van der Waals surface area contributed by atoms with Gasteiger partial charge in [-0.1, -0.05) is 18.2 Å². The molecule has 2 N–H and O–H groups in total. The summed E-state index contributed by atoms with van der Waals surface area (Å²) in [6, 6.07) is 8.55. The van der Waals surface area contributed by atoms with Gasteiger partial charge in [-0.15, -0.1) is 0 Å². The molecule has 0 unspecified atom stereocenters. The number of para-hydroxylation sites is 1. The van der Waals surface area contributed by atoms with Gasteiger partial charge in [0, 0.05) is 34.6 Å². The molecule has 26 heavy (non-hydrogen) atoms. The highest BCUT2D eigenvalue weighted by molar-refractivity contribution is 5.88. The molecule has 2 amide bonds. The van der Waals surface area contributed by atoms with E-state index < -0.39 is 11.7 Å². The lowest BCUT2D eigenvalue weighted by Gasteiger charge is -2.35. The van der Waals surface area contributed by atoms with Gasteiger partial charge in [0.2, 0.25) is 5.91 Å². The number of amides is 2. The number of nitrogens with one attached hydrogen (secondary N) is 2. The van der Waals surface area contributed by atoms with Gasteiger partial charge in [0.15, 0.2) is 0 Å². The molecule has 4 rings (SSSR count). The van der Waals surface area contributed by atoms with E-state index in [1.54, 1.807) is 20.8 Å². The van der Waals surface area contributed by atoms with Crippen LogP contribution in [0, 0.1) is 0 Å². The summed E-state index contributed by atoms with van der Waals surface area (Å²) in [7, 11) is 0. The molecule has 1 fully saturated rings. The number of hydrogen-bond donors (Lipinski definition) is 2. The number of carbonyl (C=O) groups is 2. The van der Waals surface area contributed by atoms with E-state index in [-0.39, 0.29) is 24.5 Å². The maximum Gasteiger partial charge on any atom is 0.408 e. The number of benzene rings is 1. The average Bonchev–Trinajstić information content (AvgIpc) is 3.08. The van der Waals surface area contributed by atoms with Crippen LogP contribution in [-0.2, 0) is 16.0 Å². The molecule has 2 aliphatic rings. The Morgan fingerprint density at radius 2 is 2.04 bits per heavy atom. The van der Waals surface area contributed by atoms with Gasteiger partial charge in [-0.2, -0.15) is 0 Å². The monoisotopic (exact) mass is 355 g/mol. The first-order valence-electron chi connectivity index (χ1n) is 9.21. The van der Waals surface area contributed by atoms with Crippen LogP contribution in [0.3, 0.4) is 0 Å². The van der Waals surface area contributed by atoms with Crippen molar-refractivity contribution < 1.29 is 14.3 Å². The van der Waals surface area contributed by atoms with Crippen LogP contribution in [0.2, 0.25) is 0 Å². The number of hydrogen-bond acceptors (Lipinski definition) is 3. The van der Waals surface area contributed by atoms with Gasteiger partial charge in [-0.25, -0.2) is 4.79 Å². The third-order valence-electron chi connectivity index (χ3n) is 5.17. The topological polar surface area (TPSA) is 74.4 Å². The van der Waals surface area contributed by atoms with Crippen LogP contribution >= 0.6 is 0 Å². The fourth-order valence-electron chi connectivity index (χ4n) is 4.29. The van der Waals surface area contributed by atoms with Crippen LogP contribution in [0.5, 0.6) is 0 Å². The Balaban J connectivity index is 1.52. The maximum absolute atomic E-state index is 12.8. The molecule has 2 bridgehead atoms. The Kier molecular flexibility index (Phi) is 3.93. The molecule has 138 valence electrons. The van der Waals surface area contributed by atoms with Gasteiger partial charge in [0.25, 0.3) is 0 Å². The molecule has 6 heteroatoms. The first kappa shape index (κ1) is 16.9. The van der Waals surface area contributed by atoms with Crippen LogP contribution in [0.15, 0.2) is 24.3 Å².